The van der Waals surface area contributed by atoms with Gasteiger partial charge in [-0.05, 0) is 41.8 Å². The minimum Gasteiger partial charge on any atom is -0.497 e. The average Bonchev–Trinajstić information content (AvgIpc) is 2.66. The standard InChI is InChI=1S/C20H12F6O4/c1-28-11-2-5-14(15(21)8-11)19(27)30-12-3-4-13-10(6-12)7-16(22)18(17(13)23)29-9-20(24,25)26/h2-8H,9H2,1H3. The molecule has 30 heavy (non-hydrogen) atoms. The summed E-state index contributed by atoms with van der Waals surface area (Å²) in [5, 5.41) is -0.367. The van der Waals surface area contributed by atoms with E-state index < -0.39 is 47.5 Å². The molecular weight excluding hydrogens is 418 g/mol. The Morgan fingerprint density at radius 2 is 1.63 bits per heavy atom. The first-order valence-electron chi connectivity index (χ1n) is 8.26. The first kappa shape index (κ1) is 21.3. The second kappa shape index (κ2) is 8.13. The van der Waals surface area contributed by atoms with Crippen molar-refractivity contribution < 1.29 is 45.3 Å². The Morgan fingerprint density at radius 1 is 0.933 bits per heavy atom. The van der Waals surface area contributed by atoms with Crippen molar-refractivity contribution in [3.63, 3.8) is 0 Å². The number of benzene rings is 3. The lowest BCUT2D eigenvalue weighted by Gasteiger charge is -2.13. The molecule has 0 aliphatic heterocycles. The van der Waals surface area contributed by atoms with E-state index >= 15 is 0 Å². The molecule has 0 saturated carbocycles. The van der Waals surface area contributed by atoms with Gasteiger partial charge in [-0.25, -0.2) is 18.0 Å². The highest BCUT2D eigenvalue weighted by Crippen LogP contribution is 2.33. The Labute approximate surface area is 165 Å². The third kappa shape index (κ3) is 4.58. The van der Waals surface area contributed by atoms with E-state index in [4.69, 9.17) is 9.47 Å². The van der Waals surface area contributed by atoms with E-state index in [0.717, 1.165) is 36.4 Å². The molecule has 0 fully saturated rings. The van der Waals surface area contributed by atoms with E-state index in [9.17, 15) is 31.1 Å². The van der Waals surface area contributed by atoms with Crippen LogP contribution in [0.2, 0.25) is 0 Å². The van der Waals surface area contributed by atoms with Crippen LogP contribution in [0, 0.1) is 17.5 Å². The molecule has 0 aliphatic rings. The molecule has 3 rings (SSSR count). The molecule has 0 saturated heterocycles. The van der Waals surface area contributed by atoms with Gasteiger partial charge in [-0.2, -0.15) is 13.2 Å². The number of halogens is 6. The zero-order valence-corrected chi connectivity index (χ0v) is 15.1. The number of hydrogen-bond donors (Lipinski definition) is 0. The lowest BCUT2D eigenvalue weighted by atomic mass is 10.1. The van der Waals surface area contributed by atoms with Crippen molar-refractivity contribution in [3.8, 4) is 17.2 Å². The number of rotatable bonds is 5. The summed E-state index contributed by atoms with van der Waals surface area (Å²) in [6.45, 7) is -1.87. The van der Waals surface area contributed by atoms with Gasteiger partial charge in [0.05, 0.1) is 12.7 Å². The molecular formula is C20H12F6O4. The van der Waals surface area contributed by atoms with Gasteiger partial charge >= 0.3 is 12.1 Å². The number of hydrogen-bond acceptors (Lipinski definition) is 4. The first-order valence-corrected chi connectivity index (χ1v) is 8.26. The van der Waals surface area contributed by atoms with Crippen molar-refractivity contribution in [2.24, 2.45) is 0 Å². The highest BCUT2D eigenvalue weighted by Gasteiger charge is 2.30. The largest absolute Gasteiger partial charge is 0.497 e. The van der Waals surface area contributed by atoms with E-state index in [0.29, 0.717) is 0 Å². The Hall–Kier alpha value is -3.43. The molecule has 0 aliphatic carbocycles. The number of methoxy groups -OCH3 is 1. The molecule has 0 aromatic heterocycles. The van der Waals surface area contributed by atoms with E-state index in [1.54, 1.807) is 0 Å². The van der Waals surface area contributed by atoms with Crippen LogP contribution >= 0.6 is 0 Å². The third-order valence-electron chi connectivity index (χ3n) is 3.94. The summed E-state index contributed by atoms with van der Waals surface area (Å²) in [6.07, 6.45) is -4.78. The second-order valence-electron chi connectivity index (χ2n) is 6.02. The summed E-state index contributed by atoms with van der Waals surface area (Å²) in [5.74, 6) is -5.83. The maximum Gasteiger partial charge on any atom is 0.422 e. The lowest BCUT2D eigenvalue weighted by Crippen LogP contribution is -2.20. The predicted molar refractivity (Wildman–Crippen MR) is 93.3 cm³/mol. The third-order valence-corrected chi connectivity index (χ3v) is 3.94. The summed E-state index contributed by atoms with van der Waals surface area (Å²) in [7, 11) is 1.32. The molecule has 0 unspecified atom stereocenters. The van der Waals surface area contributed by atoms with Crippen LogP contribution in [-0.4, -0.2) is 25.9 Å². The van der Waals surface area contributed by atoms with E-state index in [2.05, 4.69) is 4.74 Å². The Kier molecular flexibility index (Phi) is 5.77. The summed E-state index contributed by atoms with van der Waals surface area (Å²) in [4.78, 5) is 12.2. The van der Waals surface area contributed by atoms with Crippen molar-refractivity contribution in [3.05, 3.63) is 65.5 Å². The van der Waals surface area contributed by atoms with Gasteiger partial charge in [0.15, 0.2) is 24.0 Å². The summed E-state index contributed by atoms with van der Waals surface area (Å²) in [5.41, 5.74) is -0.399. The summed E-state index contributed by atoms with van der Waals surface area (Å²) < 4.78 is 93.2. The minimum absolute atomic E-state index is 0.107. The highest BCUT2D eigenvalue weighted by molar-refractivity contribution is 5.93. The lowest BCUT2D eigenvalue weighted by molar-refractivity contribution is -0.154. The first-order chi connectivity index (χ1) is 14.1. The van der Waals surface area contributed by atoms with Crippen molar-refractivity contribution in [1.29, 1.82) is 0 Å². The fourth-order valence-electron chi connectivity index (χ4n) is 2.59. The van der Waals surface area contributed by atoms with Crippen LogP contribution in [0.5, 0.6) is 17.2 Å². The Balaban J connectivity index is 1.87. The Bertz CT molecular complexity index is 1110. The van der Waals surface area contributed by atoms with Gasteiger partial charge in [0.25, 0.3) is 0 Å². The average molecular weight is 430 g/mol. The number of fused-ring (bicyclic) bond motifs is 1. The van der Waals surface area contributed by atoms with Gasteiger partial charge in [-0.3, -0.25) is 0 Å². The fraction of sp³-hybridized carbons (Fsp3) is 0.150. The second-order valence-corrected chi connectivity index (χ2v) is 6.02. The molecule has 0 N–H and O–H groups in total. The normalized spacial score (nSPS) is 11.4. The molecule has 4 nitrogen and oxygen atoms in total. The Morgan fingerprint density at radius 3 is 2.27 bits per heavy atom. The number of ether oxygens (including phenoxy) is 3. The van der Waals surface area contributed by atoms with Gasteiger partial charge in [0.2, 0.25) is 0 Å². The van der Waals surface area contributed by atoms with Gasteiger partial charge in [0.1, 0.15) is 17.3 Å². The van der Waals surface area contributed by atoms with Crippen molar-refractivity contribution in [2.75, 3.05) is 13.7 Å². The van der Waals surface area contributed by atoms with Gasteiger partial charge in [-0.15, -0.1) is 0 Å². The van der Waals surface area contributed by atoms with E-state index in [1.807, 2.05) is 0 Å². The number of carbonyl (C=O) groups excluding carboxylic acids is 1. The summed E-state index contributed by atoms with van der Waals surface area (Å²) >= 11 is 0. The van der Waals surface area contributed by atoms with Gasteiger partial charge in [-0.1, -0.05) is 0 Å². The van der Waals surface area contributed by atoms with Crippen LogP contribution in [-0.2, 0) is 0 Å². The van der Waals surface area contributed by atoms with Gasteiger partial charge < -0.3 is 14.2 Å². The van der Waals surface area contributed by atoms with Crippen LogP contribution in [0.15, 0.2) is 42.5 Å². The van der Waals surface area contributed by atoms with E-state index in [1.165, 1.54) is 13.2 Å². The molecule has 0 heterocycles. The predicted octanol–water partition coefficient (Wildman–Crippen LogP) is 5.43. The van der Waals surface area contributed by atoms with Gasteiger partial charge in [0, 0.05) is 11.5 Å². The molecule has 0 amide bonds. The van der Waals surface area contributed by atoms with E-state index in [-0.39, 0.29) is 22.3 Å². The molecule has 0 radical (unpaired) electrons. The summed E-state index contributed by atoms with van der Waals surface area (Å²) in [6, 6.07) is 7.45. The topological polar surface area (TPSA) is 44.8 Å². The van der Waals surface area contributed by atoms with Crippen LogP contribution in [0.25, 0.3) is 10.8 Å². The van der Waals surface area contributed by atoms with Crippen LogP contribution in [0.4, 0.5) is 26.3 Å². The molecule has 158 valence electrons. The monoisotopic (exact) mass is 430 g/mol. The number of alkyl halides is 3. The molecule has 3 aromatic carbocycles. The molecule has 0 bridgehead atoms. The molecule has 3 aromatic rings. The number of carbonyl (C=O) groups is 1. The zero-order valence-electron chi connectivity index (χ0n) is 15.1. The molecule has 10 heteroatoms. The molecule has 0 atom stereocenters. The fourth-order valence-corrected chi connectivity index (χ4v) is 2.59. The van der Waals surface area contributed by atoms with Crippen LogP contribution in [0.1, 0.15) is 10.4 Å². The smallest absolute Gasteiger partial charge is 0.422 e. The zero-order chi connectivity index (χ0) is 22.1. The number of esters is 1. The quantitative estimate of drug-likeness (QED) is 0.308. The minimum atomic E-state index is -4.78. The SMILES string of the molecule is COc1ccc(C(=O)Oc2ccc3c(F)c(OCC(F)(F)F)c(F)cc3c2)c(F)c1. The van der Waals surface area contributed by atoms with Crippen molar-refractivity contribution >= 4 is 16.7 Å². The highest BCUT2D eigenvalue weighted by atomic mass is 19.4. The van der Waals surface area contributed by atoms with Crippen LogP contribution in [0.3, 0.4) is 0 Å². The van der Waals surface area contributed by atoms with Crippen molar-refractivity contribution in [1.82, 2.24) is 0 Å². The maximum absolute atomic E-state index is 14.4. The van der Waals surface area contributed by atoms with Crippen LogP contribution < -0.4 is 14.2 Å². The maximum atomic E-state index is 14.4. The molecule has 0 spiro atoms. The van der Waals surface area contributed by atoms with Crippen molar-refractivity contribution in [2.45, 2.75) is 6.18 Å².